The van der Waals surface area contributed by atoms with Crippen LogP contribution in [0.3, 0.4) is 0 Å². The van der Waals surface area contributed by atoms with Gasteiger partial charge in [-0.1, -0.05) is 0 Å². The van der Waals surface area contributed by atoms with Crippen molar-refractivity contribution in [1.82, 2.24) is 0 Å². The third-order valence-electron chi connectivity index (χ3n) is 1.30. The molecule has 0 fully saturated rings. The van der Waals surface area contributed by atoms with Gasteiger partial charge in [-0.3, -0.25) is 13.6 Å². The molecule has 0 saturated carbocycles. The molecule has 0 spiro atoms. The van der Waals surface area contributed by atoms with Crippen LogP contribution in [0.2, 0.25) is 0 Å². The van der Waals surface area contributed by atoms with E-state index in [-0.39, 0.29) is 20.0 Å². The molecule has 0 aromatic heterocycles. The SMILES string of the molecule is CCOP(=O)(OCC)OCOCCOC. The standard InChI is InChI=1S/C8H19O6P/c1-4-12-15(9,13-5-2)14-8-11-7-6-10-3/h4-8H2,1-3H3. The summed E-state index contributed by atoms with van der Waals surface area (Å²) in [6.45, 7) is 4.62. The number of hydrogen-bond acceptors (Lipinski definition) is 6. The zero-order valence-electron chi connectivity index (χ0n) is 9.43. The summed E-state index contributed by atoms with van der Waals surface area (Å²) in [6.07, 6.45) is 0. The number of hydrogen-bond donors (Lipinski definition) is 0. The quantitative estimate of drug-likeness (QED) is 0.330. The van der Waals surface area contributed by atoms with Crippen LogP contribution >= 0.6 is 7.82 Å². The van der Waals surface area contributed by atoms with E-state index in [0.717, 1.165) is 0 Å². The Morgan fingerprint density at radius 2 is 1.60 bits per heavy atom. The largest absolute Gasteiger partial charge is 0.476 e. The number of methoxy groups -OCH3 is 1. The molecule has 0 heterocycles. The van der Waals surface area contributed by atoms with E-state index in [1.54, 1.807) is 21.0 Å². The van der Waals surface area contributed by atoms with Crippen molar-refractivity contribution in [3.8, 4) is 0 Å². The Balaban J connectivity index is 3.71. The van der Waals surface area contributed by atoms with Gasteiger partial charge >= 0.3 is 7.82 Å². The van der Waals surface area contributed by atoms with Crippen LogP contribution in [-0.4, -0.2) is 40.3 Å². The molecule has 0 aromatic carbocycles. The first-order valence-corrected chi connectivity index (χ1v) is 6.25. The van der Waals surface area contributed by atoms with Gasteiger partial charge in [0.2, 0.25) is 0 Å². The van der Waals surface area contributed by atoms with E-state index in [0.29, 0.717) is 13.2 Å². The highest BCUT2D eigenvalue weighted by Gasteiger charge is 2.25. The molecular formula is C8H19O6P. The molecule has 7 heteroatoms. The molecule has 0 atom stereocenters. The Labute approximate surface area is 90.4 Å². The lowest BCUT2D eigenvalue weighted by molar-refractivity contribution is -0.0294. The molecule has 15 heavy (non-hydrogen) atoms. The van der Waals surface area contributed by atoms with E-state index < -0.39 is 7.82 Å². The lowest BCUT2D eigenvalue weighted by Crippen LogP contribution is -2.07. The van der Waals surface area contributed by atoms with Crippen LogP contribution in [0.25, 0.3) is 0 Å². The molecule has 0 unspecified atom stereocenters. The molecule has 0 aromatic rings. The third kappa shape index (κ3) is 7.90. The predicted molar refractivity (Wildman–Crippen MR) is 54.6 cm³/mol. The van der Waals surface area contributed by atoms with Gasteiger partial charge in [0, 0.05) is 7.11 Å². The van der Waals surface area contributed by atoms with E-state index in [1.807, 2.05) is 0 Å². The molecule has 0 saturated heterocycles. The second-order valence-corrected chi connectivity index (χ2v) is 4.10. The zero-order chi connectivity index (χ0) is 11.6. The topological polar surface area (TPSA) is 63.2 Å². The summed E-state index contributed by atoms with van der Waals surface area (Å²) in [5.41, 5.74) is 0. The average molecular weight is 242 g/mol. The highest BCUT2D eigenvalue weighted by Crippen LogP contribution is 2.48. The van der Waals surface area contributed by atoms with E-state index >= 15 is 0 Å². The van der Waals surface area contributed by atoms with Crippen LogP contribution in [0.4, 0.5) is 0 Å². The maximum absolute atomic E-state index is 11.7. The van der Waals surface area contributed by atoms with Crippen LogP contribution in [0.15, 0.2) is 0 Å². The van der Waals surface area contributed by atoms with Crippen molar-refractivity contribution in [2.75, 3.05) is 40.3 Å². The number of rotatable bonds is 10. The van der Waals surface area contributed by atoms with Gasteiger partial charge < -0.3 is 9.47 Å². The molecule has 0 N–H and O–H groups in total. The first-order valence-electron chi connectivity index (χ1n) is 4.78. The summed E-state index contributed by atoms with van der Waals surface area (Å²) < 4.78 is 36.1. The van der Waals surface area contributed by atoms with Gasteiger partial charge in [-0.2, -0.15) is 0 Å². The monoisotopic (exact) mass is 242 g/mol. The number of phosphoric acid groups is 1. The molecule has 6 nitrogen and oxygen atoms in total. The maximum Gasteiger partial charge on any atom is 0.476 e. The molecule has 0 aliphatic heterocycles. The van der Waals surface area contributed by atoms with Crippen LogP contribution in [0, 0.1) is 0 Å². The summed E-state index contributed by atoms with van der Waals surface area (Å²) in [4.78, 5) is 0. The Hall–Kier alpha value is 0.0300. The van der Waals surface area contributed by atoms with Crippen molar-refractivity contribution in [1.29, 1.82) is 0 Å². The van der Waals surface area contributed by atoms with Gasteiger partial charge in [0.25, 0.3) is 0 Å². The summed E-state index contributed by atoms with van der Waals surface area (Å²) in [5.74, 6) is 0. The van der Waals surface area contributed by atoms with Crippen molar-refractivity contribution >= 4 is 7.82 Å². The van der Waals surface area contributed by atoms with Crippen LogP contribution in [-0.2, 0) is 27.6 Å². The maximum atomic E-state index is 11.7. The van der Waals surface area contributed by atoms with Crippen molar-refractivity contribution in [2.24, 2.45) is 0 Å². The Morgan fingerprint density at radius 1 is 1.00 bits per heavy atom. The fourth-order valence-corrected chi connectivity index (χ4v) is 1.79. The molecular weight excluding hydrogens is 223 g/mol. The fraction of sp³-hybridized carbons (Fsp3) is 1.00. The van der Waals surface area contributed by atoms with Crippen LogP contribution in [0.5, 0.6) is 0 Å². The normalized spacial score (nSPS) is 11.9. The van der Waals surface area contributed by atoms with Gasteiger partial charge in [0.1, 0.15) is 0 Å². The average Bonchev–Trinajstić information content (AvgIpc) is 2.18. The first-order chi connectivity index (χ1) is 7.18. The third-order valence-corrected chi connectivity index (χ3v) is 2.87. The van der Waals surface area contributed by atoms with Gasteiger partial charge in [-0.15, -0.1) is 0 Å². The molecule has 0 rings (SSSR count). The highest BCUT2D eigenvalue weighted by molar-refractivity contribution is 7.48. The fourth-order valence-electron chi connectivity index (χ4n) is 0.731. The lowest BCUT2D eigenvalue weighted by Gasteiger charge is -2.15. The summed E-state index contributed by atoms with van der Waals surface area (Å²) >= 11 is 0. The second kappa shape index (κ2) is 9.27. The molecule has 0 amide bonds. The second-order valence-electron chi connectivity index (χ2n) is 2.43. The van der Waals surface area contributed by atoms with E-state index in [4.69, 9.17) is 23.0 Å². The van der Waals surface area contributed by atoms with Gasteiger partial charge in [0.15, 0.2) is 6.79 Å². The summed E-state index contributed by atoms with van der Waals surface area (Å²) in [5, 5.41) is 0. The molecule has 0 aliphatic carbocycles. The molecule has 0 radical (unpaired) electrons. The number of ether oxygens (including phenoxy) is 2. The minimum atomic E-state index is -3.43. The van der Waals surface area contributed by atoms with Crippen molar-refractivity contribution in [3.05, 3.63) is 0 Å². The Bertz CT molecular complexity index is 176. The minimum absolute atomic E-state index is 0.138. The molecule has 0 aliphatic rings. The van der Waals surface area contributed by atoms with Gasteiger partial charge in [0.05, 0.1) is 26.4 Å². The van der Waals surface area contributed by atoms with Gasteiger partial charge in [-0.25, -0.2) is 4.57 Å². The van der Waals surface area contributed by atoms with Crippen LogP contribution < -0.4 is 0 Å². The van der Waals surface area contributed by atoms with Gasteiger partial charge in [-0.05, 0) is 13.8 Å². The first kappa shape index (κ1) is 15.0. The summed E-state index contributed by atoms with van der Waals surface area (Å²) in [7, 11) is -1.87. The Kier molecular flexibility index (Phi) is 9.29. The minimum Gasteiger partial charge on any atom is -0.382 e. The predicted octanol–water partition coefficient (Wildman–Crippen LogP) is 1.80. The van der Waals surface area contributed by atoms with E-state index in [2.05, 4.69) is 0 Å². The van der Waals surface area contributed by atoms with E-state index in [9.17, 15) is 4.57 Å². The van der Waals surface area contributed by atoms with Crippen molar-refractivity contribution < 1.29 is 27.6 Å². The zero-order valence-corrected chi connectivity index (χ0v) is 10.3. The van der Waals surface area contributed by atoms with E-state index in [1.165, 1.54) is 0 Å². The highest BCUT2D eigenvalue weighted by atomic mass is 31.2. The molecule has 92 valence electrons. The lowest BCUT2D eigenvalue weighted by atomic mass is 10.8. The molecule has 0 bridgehead atoms. The van der Waals surface area contributed by atoms with Crippen LogP contribution in [0.1, 0.15) is 13.8 Å². The van der Waals surface area contributed by atoms with Crippen molar-refractivity contribution in [3.63, 3.8) is 0 Å². The smallest absolute Gasteiger partial charge is 0.382 e. The van der Waals surface area contributed by atoms with Crippen molar-refractivity contribution in [2.45, 2.75) is 13.8 Å². The number of phosphoric ester groups is 1. The Morgan fingerprint density at radius 3 is 2.07 bits per heavy atom. The summed E-state index contributed by atoms with van der Waals surface area (Å²) in [6, 6.07) is 0.